The van der Waals surface area contributed by atoms with Crippen LogP contribution in [0.25, 0.3) is 0 Å². The van der Waals surface area contributed by atoms with Crippen LogP contribution < -0.4 is 0 Å². The second kappa shape index (κ2) is 4.69. The molecule has 0 aromatic rings. The lowest BCUT2D eigenvalue weighted by atomic mass is 10.2. The molecule has 0 fully saturated rings. The van der Waals surface area contributed by atoms with Gasteiger partial charge in [0.2, 0.25) is 6.29 Å². The fraction of sp³-hybridized carbons (Fsp3) is 0.750. The predicted molar refractivity (Wildman–Crippen MR) is 43.6 cm³/mol. The second-order valence-electron chi connectivity index (χ2n) is 3.35. The number of carbonyl (C=O) groups is 1. The van der Waals surface area contributed by atoms with Gasteiger partial charge in [0.1, 0.15) is 5.60 Å². The number of rotatable bonds is 3. The normalized spacial score (nSPS) is 12.9. The van der Waals surface area contributed by atoms with Crippen LogP contribution in [0, 0.1) is 0 Å². The zero-order chi connectivity index (χ0) is 10.5. The first-order valence-electron chi connectivity index (χ1n) is 3.77. The zero-order valence-corrected chi connectivity index (χ0v) is 8.12. The van der Waals surface area contributed by atoms with Gasteiger partial charge in [-0.25, -0.2) is 9.59 Å². The van der Waals surface area contributed by atoms with E-state index >= 15 is 0 Å². The van der Waals surface area contributed by atoms with Crippen LogP contribution in [0.2, 0.25) is 0 Å². The van der Waals surface area contributed by atoms with E-state index in [0.717, 1.165) is 6.47 Å². The number of hydrogen-bond acceptors (Lipinski definition) is 5. The second-order valence-corrected chi connectivity index (χ2v) is 3.35. The Kier molecular flexibility index (Phi) is 4.23. The summed E-state index contributed by atoms with van der Waals surface area (Å²) in [5.74, 6) is 0. The average Bonchev–Trinajstić information content (AvgIpc) is 1.81. The number of carbonyl (C=O) groups excluding carboxylic acids is 2. The fourth-order valence-corrected chi connectivity index (χ4v) is 0.501. The molecule has 75 valence electrons. The van der Waals surface area contributed by atoms with E-state index in [0.29, 0.717) is 0 Å². The number of ether oxygens (including phenoxy) is 3. The lowest BCUT2D eigenvalue weighted by Gasteiger charge is -2.19. The van der Waals surface area contributed by atoms with E-state index in [4.69, 9.17) is 4.74 Å². The first-order chi connectivity index (χ1) is 5.85. The van der Waals surface area contributed by atoms with E-state index in [9.17, 15) is 9.59 Å². The molecule has 0 saturated heterocycles. The maximum atomic E-state index is 10.9. The van der Waals surface area contributed by atoms with Gasteiger partial charge in [0.25, 0.3) is 0 Å². The fourth-order valence-electron chi connectivity index (χ4n) is 0.501. The molecule has 5 nitrogen and oxygen atoms in total. The molecule has 0 aromatic carbocycles. The minimum atomic E-state index is -0.979. The molecule has 1 radical (unpaired) electrons. The monoisotopic (exact) mass is 189 g/mol. The molecule has 0 aromatic heterocycles. The molecule has 1 atom stereocenters. The smallest absolute Gasteiger partial charge is 0.428 e. The Morgan fingerprint density at radius 3 is 2.31 bits per heavy atom. The van der Waals surface area contributed by atoms with E-state index < -0.39 is 18.0 Å². The Balaban J connectivity index is 3.81. The summed E-state index contributed by atoms with van der Waals surface area (Å²) in [5, 5.41) is 0. The maximum Gasteiger partial charge on any atom is 0.511 e. The quantitative estimate of drug-likeness (QED) is 0.495. The Labute approximate surface area is 77.0 Å². The van der Waals surface area contributed by atoms with Crippen LogP contribution in [0.15, 0.2) is 0 Å². The van der Waals surface area contributed by atoms with Crippen LogP contribution in [0.1, 0.15) is 27.7 Å². The minimum Gasteiger partial charge on any atom is -0.428 e. The molecule has 0 amide bonds. The molecule has 0 N–H and O–H groups in total. The predicted octanol–water partition coefficient (Wildman–Crippen LogP) is 1.37. The summed E-state index contributed by atoms with van der Waals surface area (Å²) in [5.41, 5.74) is -0.623. The van der Waals surface area contributed by atoms with Crippen molar-refractivity contribution in [2.75, 3.05) is 0 Å². The van der Waals surface area contributed by atoms with Crippen LogP contribution in [-0.4, -0.2) is 24.5 Å². The molecule has 0 aliphatic heterocycles. The Bertz CT molecular complexity index is 181. The van der Waals surface area contributed by atoms with Gasteiger partial charge in [-0.3, -0.25) is 0 Å². The van der Waals surface area contributed by atoms with E-state index in [1.807, 2.05) is 0 Å². The molecular formula is C8H13O5. The third-order valence-corrected chi connectivity index (χ3v) is 0.866. The summed E-state index contributed by atoms with van der Waals surface area (Å²) in [6.45, 7) is 7.64. The minimum absolute atomic E-state index is 0.623. The number of hydrogen-bond donors (Lipinski definition) is 0. The van der Waals surface area contributed by atoms with Crippen molar-refractivity contribution in [2.45, 2.75) is 39.6 Å². The highest BCUT2D eigenvalue weighted by Crippen LogP contribution is 2.09. The van der Waals surface area contributed by atoms with E-state index in [2.05, 4.69) is 9.47 Å². The van der Waals surface area contributed by atoms with Crippen molar-refractivity contribution in [1.29, 1.82) is 0 Å². The molecular weight excluding hydrogens is 176 g/mol. The van der Waals surface area contributed by atoms with Crippen LogP contribution in [0.3, 0.4) is 0 Å². The third-order valence-electron chi connectivity index (χ3n) is 0.866. The maximum absolute atomic E-state index is 10.9. The third kappa shape index (κ3) is 7.11. The molecule has 1 unspecified atom stereocenters. The molecule has 0 heterocycles. The molecule has 0 rings (SSSR count). The van der Waals surface area contributed by atoms with Crippen molar-refractivity contribution in [3.05, 3.63) is 0 Å². The first-order valence-corrected chi connectivity index (χ1v) is 3.77. The average molecular weight is 189 g/mol. The van der Waals surface area contributed by atoms with Crippen molar-refractivity contribution >= 4 is 12.6 Å². The molecule has 13 heavy (non-hydrogen) atoms. The molecule has 0 aliphatic carbocycles. The van der Waals surface area contributed by atoms with Crippen molar-refractivity contribution in [1.82, 2.24) is 0 Å². The highest BCUT2D eigenvalue weighted by atomic mass is 16.8. The molecule has 0 saturated carbocycles. The summed E-state index contributed by atoms with van der Waals surface area (Å²) in [4.78, 5) is 20.6. The van der Waals surface area contributed by atoms with Crippen molar-refractivity contribution in [3.8, 4) is 0 Å². The van der Waals surface area contributed by atoms with Gasteiger partial charge in [-0.15, -0.1) is 0 Å². The molecule has 0 aliphatic rings. The van der Waals surface area contributed by atoms with E-state index in [1.54, 1.807) is 20.8 Å². The van der Waals surface area contributed by atoms with Crippen LogP contribution in [0.4, 0.5) is 4.79 Å². The van der Waals surface area contributed by atoms with Crippen LogP contribution in [-0.2, 0) is 19.0 Å². The lowest BCUT2D eigenvalue weighted by molar-refractivity contribution is -0.0826. The van der Waals surface area contributed by atoms with E-state index in [-0.39, 0.29) is 0 Å². The van der Waals surface area contributed by atoms with Crippen LogP contribution >= 0.6 is 0 Å². The molecule has 0 spiro atoms. The van der Waals surface area contributed by atoms with Crippen LogP contribution in [0.5, 0.6) is 0 Å². The van der Waals surface area contributed by atoms with Gasteiger partial charge >= 0.3 is 12.6 Å². The first kappa shape index (κ1) is 11.7. The molecule has 5 heteroatoms. The summed E-state index contributed by atoms with van der Waals surface area (Å²) >= 11 is 0. The highest BCUT2D eigenvalue weighted by Gasteiger charge is 2.19. The summed E-state index contributed by atoms with van der Waals surface area (Å²) < 4.78 is 13.5. The Hall–Kier alpha value is -1.26. The standard InChI is InChI=1S/C8H13O5/c1-6(11-5-9)12-7(10)13-8(2,3)4/h6H,1-4H3. The summed E-state index contributed by atoms with van der Waals surface area (Å²) in [7, 11) is 0. The zero-order valence-electron chi connectivity index (χ0n) is 8.12. The van der Waals surface area contributed by atoms with E-state index in [1.165, 1.54) is 6.92 Å². The van der Waals surface area contributed by atoms with Gasteiger partial charge in [-0.05, 0) is 20.8 Å². The van der Waals surface area contributed by atoms with Gasteiger partial charge in [-0.2, -0.15) is 0 Å². The highest BCUT2D eigenvalue weighted by molar-refractivity contribution is 5.60. The Morgan fingerprint density at radius 1 is 1.38 bits per heavy atom. The topological polar surface area (TPSA) is 61.8 Å². The van der Waals surface area contributed by atoms with Gasteiger partial charge < -0.3 is 14.2 Å². The largest absolute Gasteiger partial charge is 0.511 e. The SMILES string of the molecule is CC(O[C]=O)OC(=O)OC(C)(C)C. The summed E-state index contributed by atoms with van der Waals surface area (Å²) in [6.07, 6.45) is -1.86. The van der Waals surface area contributed by atoms with Gasteiger partial charge in [0, 0.05) is 6.92 Å². The molecule has 0 bridgehead atoms. The lowest BCUT2D eigenvalue weighted by Crippen LogP contribution is -2.27. The summed E-state index contributed by atoms with van der Waals surface area (Å²) in [6, 6.07) is 0. The van der Waals surface area contributed by atoms with Gasteiger partial charge in [0.05, 0.1) is 0 Å². The van der Waals surface area contributed by atoms with Crippen molar-refractivity contribution in [3.63, 3.8) is 0 Å². The Morgan fingerprint density at radius 2 is 1.92 bits per heavy atom. The van der Waals surface area contributed by atoms with Gasteiger partial charge in [-0.1, -0.05) is 0 Å². The van der Waals surface area contributed by atoms with Crippen molar-refractivity contribution < 1.29 is 23.8 Å². The van der Waals surface area contributed by atoms with Gasteiger partial charge in [0.15, 0.2) is 0 Å². The van der Waals surface area contributed by atoms with Crippen molar-refractivity contribution in [2.24, 2.45) is 0 Å².